The molecule has 0 atom stereocenters. The first-order chi connectivity index (χ1) is 10.5. The summed E-state index contributed by atoms with van der Waals surface area (Å²) in [5.74, 6) is -1.34. The van der Waals surface area contributed by atoms with Crippen LogP contribution in [0.4, 0.5) is 0 Å². The molecule has 0 fully saturated rings. The molecular weight excluding hydrogens is 292 g/mol. The number of rotatable bonds is 7. The van der Waals surface area contributed by atoms with Crippen LogP contribution in [0.3, 0.4) is 0 Å². The second-order valence-corrected chi connectivity index (χ2v) is 3.84. The van der Waals surface area contributed by atoms with Gasteiger partial charge in [0.05, 0.1) is 13.7 Å². The van der Waals surface area contributed by atoms with Gasteiger partial charge in [0.25, 0.3) is 0 Å². The Morgan fingerprint density at radius 3 is 2.18 bits per heavy atom. The molecule has 0 saturated heterocycles. The Hall–Kier alpha value is -2.83. The van der Waals surface area contributed by atoms with Gasteiger partial charge in [0.2, 0.25) is 0 Å². The number of methoxy groups -OCH3 is 1. The lowest BCUT2D eigenvalue weighted by Crippen LogP contribution is -2.18. The topological polar surface area (TPSA) is 88.1 Å². The summed E-state index contributed by atoms with van der Waals surface area (Å²) in [6.45, 7) is 1.82. The lowest BCUT2D eigenvalue weighted by Gasteiger charge is -2.06. The van der Waals surface area contributed by atoms with E-state index in [9.17, 15) is 14.4 Å². The van der Waals surface area contributed by atoms with Crippen molar-refractivity contribution in [3.05, 3.63) is 36.4 Å². The van der Waals surface area contributed by atoms with Crippen LogP contribution in [0, 0.1) is 0 Å². The molecule has 0 aromatic heterocycles. The zero-order chi connectivity index (χ0) is 16.4. The number of esters is 3. The highest BCUT2D eigenvalue weighted by Gasteiger charge is 2.08. The van der Waals surface area contributed by atoms with Gasteiger partial charge in [-0.2, -0.15) is 0 Å². The number of carbonyl (C=O) groups excluding carboxylic acids is 3. The normalized spacial score (nSPS) is 10.1. The van der Waals surface area contributed by atoms with Crippen molar-refractivity contribution in [2.24, 2.45) is 0 Å². The molecule has 0 amide bonds. The Kier molecular flexibility index (Phi) is 7.18. The average molecular weight is 308 g/mol. The van der Waals surface area contributed by atoms with Gasteiger partial charge in [-0.1, -0.05) is 0 Å². The van der Waals surface area contributed by atoms with E-state index in [1.807, 2.05) is 6.92 Å². The maximum atomic E-state index is 11.5. The van der Waals surface area contributed by atoms with Gasteiger partial charge in [0, 0.05) is 12.2 Å². The zero-order valence-electron chi connectivity index (χ0n) is 12.2. The van der Waals surface area contributed by atoms with Crippen LogP contribution in [0.1, 0.15) is 6.92 Å². The highest BCUT2D eigenvalue weighted by Crippen LogP contribution is 2.17. The Labute approximate surface area is 127 Å². The van der Waals surface area contributed by atoms with Gasteiger partial charge in [-0.05, 0) is 31.2 Å². The summed E-state index contributed by atoms with van der Waals surface area (Å²) < 4.78 is 19.1. The molecule has 1 aromatic rings. The van der Waals surface area contributed by atoms with Crippen LogP contribution in [-0.4, -0.2) is 38.2 Å². The zero-order valence-corrected chi connectivity index (χ0v) is 12.2. The molecular formula is C15H16O7. The number of hydrogen-bond acceptors (Lipinski definition) is 7. The number of carbonyl (C=O) groups is 3. The molecule has 0 bridgehead atoms. The number of ether oxygens (including phenoxy) is 4. The minimum atomic E-state index is -0.853. The van der Waals surface area contributed by atoms with Crippen molar-refractivity contribution >= 4 is 17.9 Å². The Morgan fingerprint density at radius 2 is 1.59 bits per heavy atom. The Morgan fingerprint density at radius 1 is 1.00 bits per heavy atom. The maximum absolute atomic E-state index is 11.5. The Bertz CT molecular complexity index is 546. The van der Waals surface area contributed by atoms with Crippen LogP contribution in [0.5, 0.6) is 11.5 Å². The molecule has 118 valence electrons. The summed E-state index contributed by atoms with van der Waals surface area (Å²) in [6.07, 6.45) is 1.75. The molecule has 7 heteroatoms. The third-order valence-corrected chi connectivity index (χ3v) is 2.26. The van der Waals surface area contributed by atoms with Crippen LogP contribution < -0.4 is 9.47 Å². The van der Waals surface area contributed by atoms with Crippen molar-refractivity contribution in [3.8, 4) is 11.5 Å². The standard InChI is InChI=1S/C15H16O7/c1-3-20-11-4-6-12(7-5-11)22-15(18)10-21-14(17)9-8-13(16)19-2/h4-9H,3,10H2,1-2H3. The molecule has 0 radical (unpaired) electrons. The monoisotopic (exact) mass is 308 g/mol. The van der Waals surface area contributed by atoms with E-state index >= 15 is 0 Å². The van der Waals surface area contributed by atoms with Crippen LogP contribution in [0.2, 0.25) is 0 Å². The van der Waals surface area contributed by atoms with Crippen LogP contribution in [0.25, 0.3) is 0 Å². The predicted molar refractivity (Wildman–Crippen MR) is 75.4 cm³/mol. The van der Waals surface area contributed by atoms with Gasteiger partial charge in [-0.25, -0.2) is 14.4 Å². The molecule has 0 unspecified atom stereocenters. The van der Waals surface area contributed by atoms with E-state index in [0.717, 1.165) is 12.2 Å². The van der Waals surface area contributed by atoms with Gasteiger partial charge >= 0.3 is 17.9 Å². The minimum Gasteiger partial charge on any atom is -0.494 e. The molecule has 0 aliphatic rings. The average Bonchev–Trinajstić information content (AvgIpc) is 2.52. The molecule has 22 heavy (non-hydrogen) atoms. The van der Waals surface area contributed by atoms with Crippen LogP contribution in [0.15, 0.2) is 36.4 Å². The van der Waals surface area contributed by atoms with Crippen molar-refractivity contribution in [1.82, 2.24) is 0 Å². The fourth-order valence-electron chi connectivity index (χ4n) is 1.31. The third-order valence-electron chi connectivity index (χ3n) is 2.26. The van der Waals surface area contributed by atoms with E-state index in [1.165, 1.54) is 7.11 Å². The van der Waals surface area contributed by atoms with E-state index < -0.39 is 24.5 Å². The summed E-state index contributed by atoms with van der Waals surface area (Å²) >= 11 is 0. The smallest absolute Gasteiger partial charge is 0.349 e. The minimum absolute atomic E-state index is 0.301. The first kappa shape index (κ1) is 17.2. The van der Waals surface area contributed by atoms with Gasteiger partial charge in [-0.3, -0.25) is 0 Å². The second kappa shape index (κ2) is 9.17. The van der Waals surface area contributed by atoms with E-state index in [2.05, 4.69) is 9.47 Å². The maximum Gasteiger partial charge on any atom is 0.349 e. The van der Waals surface area contributed by atoms with E-state index in [1.54, 1.807) is 24.3 Å². The molecule has 0 saturated carbocycles. The van der Waals surface area contributed by atoms with Crippen LogP contribution >= 0.6 is 0 Å². The molecule has 0 heterocycles. The molecule has 7 nitrogen and oxygen atoms in total. The highest BCUT2D eigenvalue weighted by atomic mass is 16.6. The molecule has 0 N–H and O–H groups in total. The quantitative estimate of drug-likeness (QED) is 0.425. The first-order valence-electron chi connectivity index (χ1n) is 6.41. The second-order valence-electron chi connectivity index (χ2n) is 3.84. The Balaban J connectivity index is 2.38. The van der Waals surface area contributed by atoms with Gasteiger partial charge < -0.3 is 18.9 Å². The van der Waals surface area contributed by atoms with E-state index in [-0.39, 0.29) is 0 Å². The largest absolute Gasteiger partial charge is 0.494 e. The van der Waals surface area contributed by atoms with Gasteiger partial charge in [0.15, 0.2) is 6.61 Å². The van der Waals surface area contributed by atoms with E-state index in [4.69, 9.17) is 9.47 Å². The summed E-state index contributed by atoms with van der Waals surface area (Å²) in [5.41, 5.74) is 0. The summed E-state index contributed by atoms with van der Waals surface area (Å²) in [7, 11) is 1.17. The summed E-state index contributed by atoms with van der Waals surface area (Å²) in [4.78, 5) is 33.4. The molecule has 0 spiro atoms. The van der Waals surface area contributed by atoms with Gasteiger partial charge in [-0.15, -0.1) is 0 Å². The lowest BCUT2D eigenvalue weighted by atomic mass is 10.3. The number of hydrogen-bond donors (Lipinski definition) is 0. The SMILES string of the molecule is CCOc1ccc(OC(=O)COC(=O)C=CC(=O)OC)cc1. The third kappa shape index (κ3) is 6.56. The van der Waals surface area contributed by atoms with Crippen molar-refractivity contribution < 1.29 is 33.3 Å². The van der Waals surface area contributed by atoms with Crippen LogP contribution in [-0.2, 0) is 23.9 Å². The van der Waals surface area contributed by atoms with Crippen molar-refractivity contribution in [1.29, 1.82) is 0 Å². The van der Waals surface area contributed by atoms with Crippen molar-refractivity contribution in [3.63, 3.8) is 0 Å². The molecule has 0 aliphatic carbocycles. The fourth-order valence-corrected chi connectivity index (χ4v) is 1.31. The number of benzene rings is 1. The predicted octanol–water partition coefficient (Wildman–Crippen LogP) is 1.26. The fraction of sp³-hybridized carbons (Fsp3) is 0.267. The van der Waals surface area contributed by atoms with E-state index in [0.29, 0.717) is 18.1 Å². The highest BCUT2D eigenvalue weighted by molar-refractivity contribution is 5.92. The van der Waals surface area contributed by atoms with Crippen molar-refractivity contribution in [2.75, 3.05) is 20.3 Å². The first-order valence-corrected chi connectivity index (χ1v) is 6.41. The van der Waals surface area contributed by atoms with Crippen molar-refractivity contribution in [2.45, 2.75) is 6.92 Å². The molecule has 0 aliphatic heterocycles. The van der Waals surface area contributed by atoms with Gasteiger partial charge in [0.1, 0.15) is 11.5 Å². The summed E-state index contributed by atoms with van der Waals surface area (Å²) in [6, 6.07) is 6.41. The summed E-state index contributed by atoms with van der Waals surface area (Å²) in [5, 5.41) is 0. The lowest BCUT2D eigenvalue weighted by molar-refractivity contribution is -0.150. The molecule has 1 aromatic carbocycles. The molecule has 1 rings (SSSR count).